The molecule has 3 nitrogen and oxygen atoms in total. The van der Waals surface area contributed by atoms with Crippen molar-refractivity contribution < 1.29 is 14.2 Å². The van der Waals surface area contributed by atoms with E-state index in [-0.39, 0.29) is 24.6 Å². The Morgan fingerprint density at radius 3 is 2.43 bits per heavy atom. The van der Waals surface area contributed by atoms with E-state index in [2.05, 4.69) is 0 Å². The predicted molar refractivity (Wildman–Crippen MR) is 80.4 cm³/mol. The van der Waals surface area contributed by atoms with E-state index in [1.807, 2.05) is 19.1 Å². The molecule has 0 radical (unpaired) electrons. The van der Waals surface area contributed by atoms with Gasteiger partial charge in [-0.3, -0.25) is 0 Å². The molecule has 2 atom stereocenters. The standard InChI is InChI=1S/C17H20FNO2/c1-2-15(19)17(12-7-9-14(18)10-8-12)21-16-6-4-3-5-13(16)11-20/h3-10,15,17,20H,2,11,19H2,1H3. The first-order valence-electron chi connectivity index (χ1n) is 7.02. The summed E-state index contributed by atoms with van der Waals surface area (Å²) >= 11 is 0. The second kappa shape index (κ2) is 7.20. The molecule has 0 heterocycles. The Morgan fingerprint density at radius 2 is 1.81 bits per heavy atom. The highest BCUT2D eigenvalue weighted by atomic mass is 19.1. The van der Waals surface area contributed by atoms with E-state index in [1.54, 1.807) is 24.3 Å². The van der Waals surface area contributed by atoms with Crippen LogP contribution in [0.1, 0.15) is 30.6 Å². The van der Waals surface area contributed by atoms with Gasteiger partial charge in [-0.2, -0.15) is 0 Å². The highest BCUT2D eigenvalue weighted by Gasteiger charge is 2.21. The van der Waals surface area contributed by atoms with Crippen LogP contribution >= 0.6 is 0 Å². The third kappa shape index (κ3) is 3.80. The lowest BCUT2D eigenvalue weighted by atomic mass is 10.0. The van der Waals surface area contributed by atoms with Crippen LogP contribution in [0, 0.1) is 5.82 Å². The summed E-state index contributed by atoms with van der Waals surface area (Å²) in [6.45, 7) is 1.87. The van der Waals surface area contributed by atoms with Gasteiger partial charge in [0, 0.05) is 11.6 Å². The SMILES string of the molecule is CCC(N)C(Oc1ccccc1CO)c1ccc(F)cc1. The Hall–Kier alpha value is -1.91. The Kier molecular flexibility index (Phi) is 5.31. The van der Waals surface area contributed by atoms with Crippen LogP contribution < -0.4 is 10.5 Å². The van der Waals surface area contributed by atoms with E-state index >= 15 is 0 Å². The summed E-state index contributed by atoms with van der Waals surface area (Å²) in [5.74, 6) is 0.302. The number of benzene rings is 2. The third-order valence-electron chi connectivity index (χ3n) is 3.46. The molecule has 4 heteroatoms. The highest BCUT2D eigenvalue weighted by molar-refractivity contribution is 5.34. The van der Waals surface area contributed by atoms with Gasteiger partial charge >= 0.3 is 0 Å². The Labute approximate surface area is 124 Å². The molecule has 0 saturated carbocycles. The molecule has 112 valence electrons. The first-order chi connectivity index (χ1) is 10.2. The van der Waals surface area contributed by atoms with Crippen LogP contribution in [0.5, 0.6) is 5.75 Å². The van der Waals surface area contributed by atoms with Crippen molar-refractivity contribution in [3.05, 3.63) is 65.5 Å². The summed E-state index contributed by atoms with van der Waals surface area (Å²) < 4.78 is 19.1. The van der Waals surface area contributed by atoms with Crippen molar-refractivity contribution >= 4 is 0 Å². The first kappa shape index (κ1) is 15.5. The fourth-order valence-corrected chi connectivity index (χ4v) is 2.16. The smallest absolute Gasteiger partial charge is 0.139 e. The normalized spacial score (nSPS) is 13.7. The minimum Gasteiger partial charge on any atom is -0.484 e. The van der Waals surface area contributed by atoms with Gasteiger partial charge in [-0.15, -0.1) is 0 Å². The summed E-state index contributed by atoms with van der Waals surface area (Å²) in [7, 11) is 0. The van der Waals surface area contributed by atoms with Crippen LogP contribution in [0.4, 0.5) is 4.39 Å². The summed E-state index contributed by atoms with van der Waals surface area (Å²) in [5, 5.41) is 9.37. The zero-order valence-electron chi connectivity index (χ0n) is 12.0. The van der Waals surface area contributed by atoms with Gasteiger partial charge < -0.3 is 15.6 Å². The van der Waals surface area contributed by atoms with Crippen LogP contribution in [-0.2, 0) is 6.61 Å². The van der Waals surface area contributed by atoms with Crippen LogP contribution in [0.3, 0.4) is 0 Å². The summed E-state index contributed by atoms with van der Waals surface area (Å²) in [6, 6.07) is 13.2. The maximum atomic E-state index is 13.1. The molecule has 0 aliphatic heterocycles. The van der Waals surface area contributed by atoms with Gasteiger partial charge in [0.2, 0.25) is 0 Å². The van der Waals surface area contributed by atoms with Gasteiger partial charge in [0.25, 0.3) is 0 Å². The number of hydrogen-bond donors (Lipinski definition) is 2. The molecule has 21 heavy (non-hydrogen) atoms. The monoisotopic (exact) mass is 289 g/mol. The number of hydrogen-bond acceptors (Lipinski definition) is 3. The molecule has 0 spiro atoms. The minimum atomic E-state index is -0.386. The second-order valence-electron chi connectivity index (χ2n) is 4.93. The van der Waals surface area contributed by atoms with Crippen molar-refractivity contribution in [2.45, 2.75) is 32.1 Å². The lowest BCUT2D eigenvalue weighted by molar-refractivity contribution is 0.164. The van der Waals surface area contributed by atoms with Gasteiger partial charge in [0.15, 0.2) is 0 Å². The number of halogens is 1. The fourth-order valence-electron chi connectivity index (χ4n) is 2.16. The first-order valence-corrected chi connectivity index (χ1v) is 7.02. The summed E-state index contributed by atoms with van der Waals surface area (Å²) in [4.78, 5) is 0. The number of ether oxygens (including phenoxy) is 1. The van der Waals surface area contributed by atoms with E-state index in [9.17, 15) is 9.50 Å². The molecule has 0 fully saturated rings. The Morgan fingerprint density at radius 1 is 1.14 bits per heavy atom. The zero-order chi connectivity index (χ0) is 15.2. The summed E-state index contributed by atoms with van der Waals surface area (Å²) in [5.41, 5.74) is 7.67. The van der Waals surface area contributed by atoms with E-state index < -0.39 is 0 Å². The van der Waals surface area contributed by atoms with Crippen LogP contribution in [0.15, 0.2) is 48.5 Å². The number of aliphatic hydroxyl groups excluding tert-OH is 1. The van der Waals surface area contributed by atoms with E-state index in [1.165, 1.54) is 12.1 Å². The van der Waals surface area contributed by atoms with Crippen molar-refractivity contribution in [3.8, 4) is 5.75 Å². The zero-order valence-corrected chi connectivity index (χ0v) is 12.0. The van der Waals surface area contributed by atoms with Crippen LogP contribution in [0.2, 0.25) is 0 Å². The highest BCUT2D eigenvalue weighted by Crippen LogP contribution is 2.28. The molecule has 2 unspecified atom stereocenters. The van der Waals surface area contributed by atoms with Crippen molar-refractivity contribution in [1.82, 2.24) is 0 Å². The average molecular weight is 289 g/mol. The second-order valence-corrected chi connectivity index (χ2v) is 4.93. The molecular formula is C17H20FNO2. The quantitative estimate of drug-likeness (QED) is 0.858. The van der Waals surface area contributed by atoms with Crippen molar-refractivity contribution in [1.29, 1.82) is 0 Å². The fraction of sp³-hybridized carbons (Fsp3) is 0.294. The lowest BCUT2D eigenvalue weighted by Gasteiger charge is -2.25. The largest absolute Gasteiger partial charge is 0.484 e. The Bertz CT molecular complexity index is 571. The number of para-hydroxylation sites is 1. The topological polar surface area (TPSA) is 55.5 Å². The molecule has 0 aromatic heterocycles. The molecule has 0 saturated heterocycles. The molecule has 3 N–H and O–H groups in total. The van der Waals surface area contributed by atoms with Gasteiger partial charge in [-0.05, 0) is 30.2 Å². The summed E-state index contributed by atoms with van der Waals surface area (Å²) in [6.07, 6.45) is 0.340. The van der Waals surface area contributed by atoms with Gasteiger partial charge in [-0.25, -0.2) is 4.39 Å². The molecule has 2 aromatic rings. The molecule has 0 amide bonds. The maximum absolute atomic E-state index is 13.1. The third-order valence-corrected chi connectivity index (χ3v) is 3.46. The van der Waals surface area contributed by atoms with Gasteiger partial charge in [0.05, 0.1) is 6.61 Å². The number of nitrogens with two attached hydrogens (primary N) is 1. The minimum absolute atomic E-state index is 0.103. The molecule has 0 aliphatic carbocycles. The van der Waals surface area contributed by atoms with E-state index in [0.717, 1.165) is 12.0 Å². The average Bonchev–Trinajstić information content (AvgIpc) is 2.53. The molecule has 0 aliphatic rings. The van der Waals surface area contributed by atoms with E-state index in [4.69, 9.17) is 10.5 Å². The van der Waals surface area contributed by atoms with Crippen molar-refractivity contribution in [2.24, 2.45) is 5.73 Å². The van der Waals surface area contributed by atoms with E-state index in [0.29, 0.717) is 11.3 Å². The maximum Gasteiger partial charge on any atom is 0.139 e. The molecule has 0 bridgehead atoms. The predicted octanol–water partition coefficient (Wildman–Crippen LogP) is 3.18. The molecule has 2 rings (SSSR count). The van der Waals surface area contributed by atoms with Crippen LogP contribution in [0.25, 0.3) is 0 Å². The molecular weight excluding hydrogens is 269 g/mol. The number of rotatable bonds is 6. The van der Waals surface area contributed by atoms with Crippen LogP contribution in [-0.4, -0.2) is 11.1 Å². The Balaban J connectivity index is 2.30. The van der Waals surface area contributed by atoms with Gasteiger partial charge in [0.1, 0.15) is 17.7 Å². The molecule has 2 aromatic carbocycles. The van der Waals surface area contributed by atoms with Gasteiger partial charge in [-0.1, -0.05) is 37.3 Å². The van der Waals surface area contributed by atoms with Crippen molar-refractivity contribution in [3.63, 3.8) is 0 Å². The lowest BCUT2D eigenvalue weighted by Crippen LogP contribution is -2.31. The van der Waals surface area contributed by atoms with Crippen molar-refractivity contribution in [2.75, 3.05) is 0 Å². The number of aliphatic hydroxyl groups is 1.